The van der Waals surface area contributed by atoms with Crippen molar-refractivity contribution in [2.24, 2.45) is 0 Å². The zero-order chi connectivity index (χ0) is 13.4. The quantitative estimate of drug-likeness (QED) is 0.592. The summed E-state index contributed by atoms with van der Waals surface area (Å²) in [6, 6.07) is 0. The Bertz CT molecular complexity index is 265. The molecular weight excluding hydrogens is 254 g/mol. The Labute approximate surface area is 91.8 Å². The molecule has 0 aliphatic heterocycles. The summed E-state index contributed by atoms with van der Waals surface area (Å²) in [5, 5.41) is 2.00. The van der Waals surface area contributed by atoms with Crippen LogP contribution < -0.4 is 5.32 Å². The van der Waals surface area contributed by atoms with Crippen molar-refractivity contribution in [3.8, 4) is 0 Å². The van der Waals surface area contributed by atoms with Crippen molar-refractivity contribution in [2.75, 3.05) is 14.1 Å². The minimum Gasteiger partial charge on any atom is -0.746 e. The lowest BCUT2D eigenvalue weighted by Gasteiger charge is -2.12. The average Bonchev–Trinajstić information content (AvgIpc) is 2.01. The second-order valence-corrected chi connectivity index (χ2v) is 4.48. The Morgan fingerprint density at radius 1 is 1.31 bits per heavy atom. The Morgan fingerprint density at radius 2 is 1.69 bits per heavy atom. The largest absolute Gasteiger partial charge is 0.746 e. The monoisotopic (exact) mass is 269 g/mol. The maximum Gasteiger partial charge on any atom is 0.389 e. The normalized spacial score (nSPS) is 13.9. The third-order valence-electron chi connectivity index (χ3n) is 1.20. The average molecular weight is 269 g/mol. The van der Waals surface area contributed by atoms with Gasteiger partial charge in [-0.05, 0) is 12.8 Å². The fraction of sp³-hybridized carbons (Fsp3) is 1.00. The molecule has 0 fully saturated rings. The molecule has 16 heavy (non-hydrogen) atoms. The first-order valence-corrected chi connectivity index (χ1v) is 5.91. The highest BCUT2D eigenvalue weighted by atomic mass is 32.2. The molecule has 4 nitrogen and oxygen atoms in total. The van der Waals surface area contributed by atoms with E-state index >= 15 is 0 Å². The molecule has 0 aromatic rings. The maximum atomic E-state index is 12.2. The number of alkyl halides is 4. The van der Waals surface area contributed by atoms with Gasteiger partial charge in [0.25, 0.3) is 0 Å². The predicted molar refractivity (Wildman–Crippen MR) is 48.3 cm³/mol. The Balaban J connectivity index is 0. The van der Waals surface area contributed by atoms with E-state index in [0.29, 0.717) is 0 Å². The summed E-state index contributed by atoms with van der Waals surface area (Å²) in [6.45, 7) is 0. The van der Waals surface area contributed by atoms with Gasteiger partial charge in [-0.3, -0.25) is 0 Å². The molecule has 0 spiro atoms. The van der Waals surface area contributed by atoms with E-state index in [4.69, 9.17) is 0 Å². The third-order valence-corrected chi connectivity index (χ3v) is 2.07. The van der Waals surface area contributed by atoms with Crippen LogP contribution in [0.5, 0.6) is 0 Å². The standard InChI is InChI=1S/C5H8F4O3S.C2H7N/c6-4(13(10,11)12)2-1-3-5(7,8)9;1-3-2/h4H,1-3H2,(H,10,11,12);3H,1-2H3. The van der Waals surface area contributed by atoms with Gasteiger partial charge >= 0.3 is 6.18 Å². The molecule has 0 rings (SSSR count). The number of hydrogen-bond donors (Lipinski definition) is 1. The van der Waals surface area contributed by atoms with Gasteiger partial charge in [-0.25, -0.2) is 12.8 Å². The Morgan fingerprint density at radius 3 is 1.94 bits per heavy atom. The summed E-state index contributed by atoms with van der Waals surface area (Å²) >= 11 is 0. The summed E-state index contributed by atoms with van der Waals surface area (Å²) < 4.78 is 76.2. The van der Waals surface area contributed by atoms with E-state index in [1.165, 1.54) is 0 Å². The van der Waals surface area contributed by atoms with Crippen molar-refractivity contribution < 1.29 is 35.8 Å². The molecule has 100 valence electrons. The zero-order valence-corrected chi connectivity index (χ0v) is 9.74. The van der Waals surface area contributed by atoms with Gasteiger partial charge in [0, 0.05) is 6.42 Å². The minimum absolute atomic E-state index is 0.702. The fourth-order valence-electron chi connectivity index (χ4n) is 0.607. The first-order valence-electron chi connectivity index (χ1n) is 4.44. The van der Waals surface area contributed by atoms with Crippen LogP contribution in [-0.4, -0.2) is 38.7 Å². The topological polar surface area (TPSA) is 73.8 Å². The van der Waals surface area contributed by atoms with Crippen LogP contribution in [-0.2, 0) is 10.1 Å². The summed E-state index contributed by atoms with van der Waals surface area (Å²) in [7, 11) is -1.10. The van der Waals surface area contributed by atoms with Gasteiger partial charge in [0.1, 0.15) is 10.1 Å². The van der Waals surface area contributed by atoms with Crippen molar-refractivity contribution in [1.29, 1.82) is 0 Å². The SMILES string of the molecule is C[NH2+]C.O=S(=O)([O-])C(F)CCCC(F)(F)F. The van der Waals surface area contributed by atoms with E-state index in [-0.39, 0.29) is 0 Å². The smallest absolute Gasteiger partial charge is 0.389 e. The van der Waals surface area contributed by atoms with E-state index in [9.17, 15) is 30.5 Å². The molecule has 0 saturated heterocycles. The van der Waals surface area contributed by atoms with Gasteiger partial charge in [0.05, 0.1) is 14.1 Å². The molecule has 0 heterocycles. The third kappa shape index (κ3) is 13.6. The van der Waals surface area contributed by atoms with Crippen molar-refractivity contribution in [1.82, 2.24) is 0 Å². The van der Waals surface area contributed by atoms with Crippen LogP contribution in [0.3, 0.4) is 0 Å². The molecule has 2 N–H and O–H groups in total. The highest BCUT2D eigenvalue weighted by Crippen LogP contribution is 2.23. The van der Waals surface area contributed by atoms with Gasteiger partial charge < -0.3 is 9.87 Å². The van der Waals surface area contributed by atoms with Crippen molar-refractivity contribution in [2.45, 2.75) is 30.9 Å². The molecule has 0 bridgehead atoms. The Hall–Kier alpha value is -0.410. The summed E-state index contributed by atoms with van der Waals surface area (Å²) in [5.41, 5.74) is -2.74. The number of quaternary nitrogens is 1. The molecule has 1 atom stereocenters. The molecule has 0 radical (unpaired) electrons. The molecule has 1 unspecified atom stereocenters. The van der Waals surface area contributed by atoms with Crippen molar-refractivity contribution in [3.63, 3.8) is 0 Å². The maximum absolute atomic E-state index is 12.2. The van der Waals surface area contributed by atoms with Crippen LogP contribution in [0.25, 0.3) is 0 Å². The number of hydrogen-bond acceptors (Lipinski definition) is 3. The first-order chi connectivity index (χ1) is 7.04. The molecule has 0 saturated carbocycles. The highest BCUT2D eigenvalue weighted by molar-refractivity contribution is 7.86. The molecule has 0 aliphatic rings. The molecule has 0 aliphatic carbocycles. The lowest BCUT2D eigenvalue weighted by Crippen LogP contribution is -2.74. The lowest BCUT2D eigenvalue weighted by atomic mass is 10.2. The second kappa shape index (κ2) is 7.80. The summed E-state index contributed by atoms with van der Waals surface area (Å²) in [5.74, 6) is 0. The molecule has 0 aromatic carbocycles. The van der Waals surface area contributed by atoms with Crippen LogP contribution in [0.4, 0.5) is 17.6 Å². The zero-order valence-electron chi connectivity index (χ0n) is 8.92. The first kappa shape index (κ1) is 18.0. The molecule has 0 amide bonds. The number of nitrogens with two attached hydrogens (primary N) is 1. The van der Waals surface area contributed by atoms with E-state index in [2.05, 4.69) is 0 Å². The van der Waals surface area contributed by atoms with Crippen molar-refractivity contribution in [3.05, 3.63) is 0 Å². The number of halogens is 4. The van der Waals surface area contributed by atoms with E-state index in [0.717, 1.165) is 0 Å². The van der Waals surface area contributed by atoms with E-state index in [1.807, 2.05) is 19.4 Å². The lowest BCUT2D eigenvalue weighted by molar-refractivity contribution is -0.597. The summed E-state index contributed by atoms with van der Waals surface area (Å²) in [4.78, 5) is 0. The fourth-order valence-corrected chi connectivity index (χ4v) is 1.06. The Kier molecular flexibility index (Phi) is 8.76. The van der Waals surface area contributed by atoms with Gasteiger partial charge in [-0.1, -0.05) is 0 Å². The van der Waals surface area contributed by atoms with E-state index < -0.39 is 41.1 Å². The van der Waals surface area contributed by atoms with Crippen LogP contribution >= 0.6 is 0 Å². The number of rotatable bonds is 4. The van der Waals surface area contributed by atoms with Crippen LogP contribution in [0.15, 0.2) is 0 Å². The van der Waals surface area contributed by atoms with Gasteiger partial charge in [-0.15, -0.1) is 0 Å². The van der Waals surface area contributed by atoms with Gasteiger partial charge in [0.15, 0.2) is 5.50 Å². The van der Waals surface area contributed by atoms with Gasteiger partial charge in [0.2, 0.25) is 0 Å². The minimum atomic E-state index is -5.10. The van der Waals surface area contributed by atoms with E-state index in [1.54, 1.807) is 0 Å². The molecule has 0 aromatic heterocycles. The predicted octanol–water partition coefficient (Wildman–Crippen LogP) is 0.369. The molecular formula is C7H15F4NO3S. The highest BCUT2D eigenvalue weighted by Gasteiger charge is 2.27. The van der Waals surface area contributed by atoms with Crippen LogP contribution in [0.1, 0.15) is 19.3 Å². The van der Waals surface area contributed by atoms with Gasteiger partial charge in [-0.2, -0.15) is 13.2 Å². The van der Waals surface area contributed by atoms with Crippen LogP contribution in [0.2, 0.25) is 0 Å². The van der Waals surface area contributed by atoms with Crippen LogP contribution in [0, 0.1) is 0 Å². The second-order valence-electron chi connectivity index (χ2n) is 2.99. The van der Waals surface area contributed by atoms with Crippen molar-refractivity contribution >= 4 is 10.1 Å². The molecule has 9 heteroatoms. The summed E-state index contributed by atoms with van der Waals surface area (Å²) in [6.07, 6.45) is -7.35.